The monoisotopic (exact) mass is 546 g/mol. The minimum atomic E-state index is -3.40. The van der Waals surface area contributed by atoms with Gasteiger partial charge in [0.05, 0.1) is 34.1 Å². The first-order valence-corrected chi connectivity index (χ1v) is 13.8. The first-order chi connectivity index (χ1) is 17.2. The van der Waals surface area contributed by atoms with Gasteiger partial charge in [0, 0.05) is 10.6 Å². The van der Waals surface area contributed by atoms with E-state index in [4.69, 9.17) is 16.3 Å². The molecule has 0 aliphatic heterocycles. The van der Waals surface area contributed by atoms with Crippen molar-refractivity contribution in [1.29, 1.82) is 0 Å². The molecule has 1 aromatic heterocycles. The van der Waals surface area contributed by atoms with Crippen LogP contribution >= 0.6 is 22.9 Å². The van der Waals surface area contributed by atoms with E-state index in [-0.39, 0.29) is 23.9 Å². The molecule has 0 aliphatic rings. The Hall–Kier alpha value is -3.02. The molecule has 4 aromatic rings. The van der Waals surface area contributed by atoms with Crippen LogP contribution in [-0.2, 0) is 27.8 Å². The summed E-state index contributed by atoms with van der Waals surface area (Å²) in [5, 5.41) is 22.6. The lowest BCUT2D eigenvalue weighted by molar-refractivity contribution is -0.123. The molecule has 188 valence electrons. The van der Waals surface area contributed by atoms with E-state index < -0.39 is 21.8 Å². The fourth-order valence-corrected chi connectivity index (χ4v) is 5.52. The molecule has 4 rings (SSSR count). The lowest BCUT2D eigenvalue weighted by atomic mass is 10.1. The largest absolute Gasteiger partial charge is 0.476 e. The molecule has 0 saturated heterocycles. The number of hydrogen-bond donors (Lipinski definition) is 3. The zero-order valence-corrected chi connectivity index (χ0v) is 21.5. The highest BCUT2D eigenvalue weighted by Crippen LogP contribution is 2.31. The molecule has 3 aromatic carbocycles. The zero-order chi connectivity index (χ0) is 25.9. The summed E-state index contributed by atoms with van der Waals surface area (Å²) < 4.78 is 31.1. The van der Waals surface area contributed by atoms with E-state index in [9.17, 15) is 23.4 Å². The number of amides is 1. The van der Waals surface area contributed by atoms with Crippen LogP contribution in [0.3, 0.4) is 0 Å². The molecule has 0 bridgehead atoms. The first-order valence-electron chi connectivity index (χ1n) is 10.9. The normalized spacial score (nSPS) is 12.4. The topological polar surface area (TPSA) is 126 Å². The van der Waals surface area contributed by atoms with Gasteiger partial charge in [-0.25, -0.2) is 13.4 Å². The van der Waals surface area contributed by atoms with Crippen LogP contribution < -0.4 is 10.1 Å². The number of aliphatic hydroxyl groups excluding tert-OH is 2. The Morgan fingerprint density at radius 1 is 1.08 bits per heavy atom. The van der Waals surface area contributed by atoms with E-state index in [1.165, 1.54) is 35.6 Å². The van der Waals surface area contributed by atoms with Gasteiger partial charge in [0.25, 0.3) is 5.91 Å². The smallest absolute Gasteiger partial charge is 0.271 e. The fraction of sp³-hybridized carbons (Fsp3) is 0.200. The van der Waals surface area contributed by atoms with E-state index in [0.717, 1.165) is 4.70 Å². The summed E-state index contributed by atoms with van der Waals surface area (Å²) in [6, 6.07) is 16.0. The molecule has 3 N–H and O–H groups in total. The number of rotatable bonds is 9. The number of thiazole rings is 1. The van der Waals surface area contributed by atoms with Crippen LogP contribution in [0.5, 0.6) is 5.75 Å². The van der Waals surface area contributed by atoms with Crippen LogP contribution in [0.4, 0.5) is 5.13 Å². The summed E-state index contributed by atoms with van der Waals surface area (Å²) in [7, 11) is -3.40. The number of ether oxygens (including phenoxy) is 1. The van der Waals surface area contributed by atoms with Gasteiger partial charge < -0.3 is 14.9 Å². The molecular weight excluding hydrogens is 524 g/mol. The van der Waals surface area contributed by atoms with Crippen LogP contribution in [0, 0.1) is 0 Å². The van der Waals surface area contributed by atoms with Crippen molar-refractivity contribution in [2.24, 2.45) is 0 Å². The molecule has 11 heteroatoms. The Kier molecular flexibility index (Phi) is 7.91. The number of halogens is 1. The predicted molar refractivity (Wildman–Crippen MR) is 139 cm³/mol. The lowest BCUT2D eigenvalue weighted by Gasteiger charge is -2.19. The highest BCUT2D eigenvalue weighted by atomic mass is 35.5. The number of aliphatic hydroxyl groups is 2. The van der Waals surface area contributed by atoms with Gasteiger partial charge in [-0.1, -0.05) is 48.1 Å². The van der Waals surface area contributed by atoms with Gasteiger partial charge in [0.15, 0.2) is 15.0 Å². The number of carbonyl (C=O) groups is 1. The van der Waals surface area contributed by atoms with Gasteiger partial charge >= 0.3 is 0 Å². The highest BCUT2D eigenvalue weighted by molar-refractivity contribution is 7.91. The fourth-order valence-electron chi connectivity index (χ4n) is 3.54. The van der Waals surface area contributed by atoms with Crippen LogP contribution in [0.1, 0.15) is 29.7 Å². The van der Waals surface area contributed by atoms with Crippen molar-refractivity contribution in [2.75, 3.05) is 11.1 Å². The first kappa shape index (κ1) is 26.1. The predicted octanol–water partition coefficient (Wildman–Crippen LogP) is 4.49. The maximum Gasteiger partial charge on any atom is 0.271 e. The molecule has 8 nitrogen and oxygen atoms in total. The number of aromatic nitrogens is 1. The Morgan fingerprint density at radius 2 is 1.78 bits per heavy atom. The van der Waals surface area contributed by atoms with Gasteiger partial charge in [-0.2, -0.15) is 0 Å². The molecule has 0 spiro atoms. The van der Waals surface area contributed by atoms with Crippen molar-refractivity contribution in [3.63, 3.8) is 0 Å². The standard InChI is InChI=1S/C25H23ClN2O6S2/c1-2-36(32,33)20-8-6-15(7-9-20)23(34-19-5-3-4-18(26)12-19)24(31)28-25-27-21-10-16(13-29)17(14-30)11-22(21)35-25/h3-12,23,29-30H,2,13-14H2,1H3,(H,27,28,31). The summed E-state index contributed by atoms with van der Waals surface area (Å²) in [4.78, 5) is 17.9. The number of hydrogen-bond acceptors (Lipinski definition) is 8. The third kappa shape index (κ3) is 5.69. The maximum atomic E-state index is 13.4. The summed E-state index contributed by atoms with van der Waals surface area (Å²) >= 11 is 7.29. The molecular formula is C25H23ClN2O6S2. The lowest BCUT2D eigenvalue weighted by Crippen LogP contribution is -2.25. The zero-order valence-electron chi connectivity index (χ0n) is 19.1. The number of sulfone groups is 1. The van der Waals surface area contributed by atoms with Crippen molar-refractivity contribution in [3.05, 3.63) is 82.4 Å². The van der Waals surface area contributed by atoms with Crippen molar-refractivity contribution < 1.29 is 28.2 Å². The second kappa shape index (κ2) is 10.9. The SMILES string of the molecule is CCS(=O)(=O)c1ccc(C(Oc2cccc(Cl)c2)C(=O)Nc2nc3cc(CO)c(CO)cc3s2)cc1. The molecule has 1 atom stereocenters. The van der Waals surface area contributed by atoms with E-state index >= 15 is 0 Å². The summed E-state index contributed by atoms with van der Waals surface area (Å²) in [5.41, 5.74) is 2.14. The number of anilines is 1. The van der Waals surface area contributed by atoms with Gasteiger partial charge in [-0.3, -0.25) is 10.1 Å². The van der Waals surface area contributed by atoms with E-state index in [2.05, 4.69) is 10.3 Å². The molecule has 0 aliphatic carbocycles. The summed E-state index contributed by atoms with van der Waals surface area (Å²) in [6.07, 6.45) is -1.13. The minimum Gasteiger partial charge on any atom is -0.476 e. The molecule has 0 fully saturated rings. The molecule has 36 heavy (non-hydrogen) atoms. The van der Waals surface area contributed by atoms with Crippen molar-refractivity contribution in [3.8, 4) is 5.75 Å². The number of fused-ring (bicyclic) bond motifs is 1. The van der Waals surface area contributed by atoms with E-state index in [1.54, 1.807) is 43.3 Å². The number of benzene rings is 3. The van der Waals surface area contributed by atoms with Crippen molar-refractivity contribution >= 4 is 54.0 Å². The van der Waals surface area contributed by atoms with Gasteiger partial charge in [0.1, 0.15) is 5.75 Å². The third-order valence-electron chi connectivity index (χ3n) is 5.49. The van der Waals surface area contributed by atoms with Gasteiger partial charge in [-0.15, -0.1) is 0 Å². The highest BCUT2D eigenvalue weighted by Gasteiger charge is 2.25. The Morgan fingerprint density at radius 3 is 2.42 bits per heavy atom. The second-order valence-corrected chi connectivity index (χ2v) is 11.6. The number of carbonyl (C=O) groups excluding carboxylic acids is 1. The average molecular weight is 547 g/mol. The Labute approximate surface area is 217 Å². The van der Waals surface area contributed by atoms with Crippen LogP contribution in [0.2, 0.25) is 5.02 Å². The van der Waals surface area contributed by atoms with E-state index in [1.807, 2.05) is 0 Å². The van der Waals surface area contributed by atoms with Gasteiger partial charge in [0.2, 0.25) is 6.10 Å². The van der Waals surface area contributed by atoms with Crippen molar-refractivity contribution in [1.82, 2.24) is 4.98 Å². The van der Waals surface area contributed by atoms with Crippen LogP contribution in [0.15, 0.2) is 65.6 Å². The average Bonchev–Trinajstić information content (AvgIpc) is 3.27. The summed E-state index contributed by atoms with van der Waals surface area (Å²) in [6.45, 7) is 1.09. The minimum absolute atomic E-state index is 0.0388. The molecule has 1 heterocycles. The summed E-state index contributed by atoms with van der Waals surface area (Å²) in [5.74, 6) is -0.203. The van der Waals surface area contributed by atoms with Gasteiger partial charge in [-0.05, 0) is 53.6 Å². The molecule has 1 amide bonds. The molecule has 1 unspecified atom stereocenters. The van der Waals surface area contributed by atoms with E-state index in [0.29, 0.717) is 38.1 Å². The number of nitrogens with one attached hydrogen (secondary N) is 1. The number of nitrogens with zero attached hydrogens (tertiary/aromatic N) is 1. The second-order valence-electron chi connectivity index (χ2n) is 7.84. The maximum absolute atomic E-state index is 13.4. The van der Waals surface area contributed by atoms with Crippen molar-refractivity contribution in [2.45, 2.75) is 31.1 Å². The Balaban J connectivity index is 1.66. The van der Waals surface area contributed by atoms with Crippen LogP contribution in [0.25, 0.3) is 10.2 Å². The van der Waals surface area contributed by atoms with Crippen LogP contribution in [-0.4, -0.2) is 35.3 Å². The quantitative estimate of drug-likeness (QED) is 0.282. The third-order valence-corrected chi connectivity index (χ3v) is 8.41. The molecule has 0 saturated carbocycles. The molecule has 0 radical (unpaired) electrons. The Bertz CT molecular complexity index is 1460.